The minimum absolute atomic E-state index is 0.0218. The molecule has 0 spiro atoms. The molecule has 156 valence electrons. The molecule has 1 aliphatic rings. The largest absolute Gasteiger partial charge is 0.416 e. The van der Waals surface area contributed by atoms with E-state index in [-0.39, 0.29) is 18.5 Å². The van der Waals surface area contributed by atoms with Gasteiger partial charge in [-0.1, -0.05) is 43.3 Å². The monoisotopic (exact) mass is 404 g/mol. The quantitative estimate of drug-likeness (QED) is 0.659. The number of rotatable bonds is 6. The van der Waals surface area contributed by atoms with Crippen LogP contribution in [0, 0.1) is 0 Å². The van der Waals surface area contributed by atoms with Crippen LogP contribution in [-0.4, -0.2) is 41.4 Å². The van der Waals surface area contributed by atoms with Gasteiger partial charge in [0.25, 0.3) is 5.91 Å². The summed E-state index contributed by atoms with van der Waals surface area (Å²) in [5.74, 6) is 0.0218. The Morgan fingerprint density at radius 1 is 1.03 bits per heavy atom. The molecule has 0 radical (unpaired) electrons. The Morgan fingerprint density at radius 2 is 1.66 bits per heavy atom. The van der Waals surface area contributed by atoms with Crippen LogP contribution in [0.3, 0.4) is 0 Å². The van der Waals surface area contributed by atoms with Gasteiger partial charge >= 0.3 is 6.18 Å². The van der Waals surface area contributed by atoms with Crippen molar-refractivity contribution < 1.29 is 18.0 Å². The van der Waals surface area contributed by atoms with Crippen molar-refractivity contribution in [3.63, 3.8) is 0 Å². The minimum atomic E-state index is -4.35. The number of halogens is 3. The zero-order valence-electron chi connectivity index (χ0n) is 16.7. The van der Waals surface area contributed by atoms with Crippen LogP contribution in [0.5, 0.6) is 0 Å². The lowest BCUT2D eigenvalue weighted by molar-refractivity contribution is -0.138. The average Bonchev–Trinajstić information content (AvgIpc) is 2.73. The highest BCUT2D eigenvalue weighted by atomic mass is 19.4. The van der Waals surface area contributed by atoms with Crippen LogP contribution in [0.1, 0.15) is 47.7 Å². The molecule has 3 nitrogen and oxygen atoms in total. The van der Waals surface area contributed by atoms with Crippen LogP contribution >= 0.6 is 0 Å². The highest BCUT2D eigenvalue weighted by Gasteiger charge is 2.34. The molecular weight excluding hydrogens is 377 g/mol. The number of carbonyl (C=O) groups is 1. The number of alkyl halides is 3. The Hall–Kier alpha value is -2.34. The molecule has 29 heavy (non-hydrogen) atoms. The topological polar surface area (TPSA) is 23.6 Å². The molecular formula is C23H27F3N2O. The zero-order valence-corrected chi connectivity index (χ0v) is 16.7. The fourth-order valence-corrected chi connectivity index (χ4v) is 4.03. The minimum Gasteiger partial charge on any atom is -0.339 e. The molecule has 3 rings (SSSR count). The van der Waals surface area contributed by atoms with Crippen molar-refractivity contribution in [2.45, 2.75) is 44.9 Å². The number of hydrogen-bond donors (Lipinski definition) is 0. The van der Waals surface area contributed by atoms with Crippen molar-refractivity contribution in [2.24, 2.45) is 0 Å². The van der Waals surface area contributed by atoms with Crippen LogP contribution in [-0.2, 0) is 12.7 Å². The highest BCUT2D eigenvalue weighted by molar-refractivity contribution is 5.94. The van der Waals surface area contributed by atoms with Crippen molar-refractivity contribution in [3.05, 3.63) is 71.3 Å². The Labute approximate surface area is 170 Å². The molecule has 0 atom stereocenters. The lowest BCUT2D eigenvalue weighted by Gasteiger charge is -2.39. The first-order chi connectivity index (χ1) is 13.9. The van der Waals surface area contributed by atoms with E-state index in [1.165, 1.54) is 6.07 Å². The van der Waals surface area contributed by atoms with Gasteiger partial charge in [0.05, 0.1) is 5.56 Å². The molecule has 1 fully saturated rings. The average molecular weight is 404 g/mol. The second kappa shape index (κ2) is 9.44. The van der Waals surface area contributed by atoms with Crippen molar-refractivity contribution in [1.29, 1.82) is 0 Å². The Morgan fingerprint density at radius 3 is 2.28 bits per heavy atom. The van der Waals surface area contributed by atoms with Gasteiger partial charge in [0.1, 0.15) is 0 Å². The number of hydrogen-bond acceptors (Lipinski definition) is 2. The molecule has 2 aromatic carbocycles. The number of piperidine rings is 1. The molecule has 1 saturated heterocycles. The van der Waals surface area contributed by atoms with E-state index < -0.39 is 11.7 Å². The summed E-state index contributed by atoms with van der Waals surface area (Å²) in [6.45, 7) is 4.31. The van der Waals surface area contributed by atoms with Crippen LogP contribution in [0.4, 0.5) is 13.2 Å². The van der Waals surface area contributed by atoms with Crippen LogP contribution in [0.15, 0.2) is 54.6 Å². The SMILES string of the molecule is CCCN(Cc1ccccc1C(F)(F)F)C1CCN(C(=O)c2ccccc2)CC1. The third-order valence-corrected chi connectivity index (χ3v) is 5.50. The molecule has 6 heteroatoms. The predicted molar refractivity (Wildman–Crippen MR) is 108 cm³/mol. The van der Waals surface area contributed by atoms with Gasteiger partial charge < -0.3 is 4.90 Å². The molecule has 0 aromatic heterocycles. The maximum atomic E-state index is 13.4. The second-order valence-corrected chi connectivity index (χ2v) is 7.51. The highest BCUT2D eigenvalue weighted by Crippen LogP contribution is 2.33. The molecule has 0 bridgehead atoms. The van der Waals surface area contributed by atoms with Gasteiger partial charge in [0, 0.05) is 31.2 Å². The van der Waals surface area contributed by atoms with Gasteiger partial charge in [-0.3, -0.25) is 9.69 Å². The molecule has 0 N–H and O–H groups in total. The fourth-order valence-electron chi connectivity index (χ4n) is 4.03. The smallest absolute Gasteiger partial charge is 0.339 e. The summed E-state index contributed by atoms with van der Waals surface area (Å²) in [6, 6.07) is 15.2. The first-order valence-electron chi connectivity index (χ1n) is 10.1. The maximum Gasteiger partial charge on any atom is 0.416 e. The Balaban J connectivity index is 1.67. The Kier molecular flexibility index (Phi) is 6.96. The van der Waals surface area contributed by atoms with E-state index in [2.05, 4.69) is 4.90 Å². The van der Waals surface area contributed by atoms with Gasteiger partial charge in [-0.2, -0.15) is 13.2 Å². The van der Waals surface area contributed by atoms with Crippen LogP contribution in [0.2, 0.25) is 0 Å². The lowest BCUT2D eigenvalue weighted by atomic mass is 9.99. The summed E-state index contributed by atoms with van der Waals surface area (Å²) in [5, 5.41) is 0. The van der Waals surface area contributed by atoms with Gasteiger partial charge in [0.2, 0.25) is 0 Å². The van der Waals surface area contributed by atoms with Crippen LogP contribution < -0.4 is 0 Å². The van der Waals surface area contributed by atoms with E-state index in [1.54, 1.807) is 12.1 Å². The summed E-state index contributed by atoms with van der Waals surface area (Å²) in [5.41, 5.74) is 0.435. The molecule has 1 heterocycles. The fraction of sp³-hybridized carbons (Fsp3) is 0.435. The first kappa shape index (κ1) is 21.4. The van der Waals surface area contributed by atoms with E-state index in [0.717, 1.165) is 31.9 Å². The van der Waals surface area contributed by atoms with E-state index in [1.807, 2.05) is 42.2 Å². The third-order valence-electron chi connectivity index (χ3n) is 5.50. The molecule has 0 unspecified atom stereocenters. The summed E-state index contributed by atoms with van der Waals surface area (Å²) in [6.07, 6.45) is -1.93. The van der Waals surface area contributed by atoms with Gasteiger partial charge in [-0.15, -0.1) is 0 Å². The number of benzene rings is 2. The van der Waals surface area contributed by atoms with E-state index >= 15 is 0 Å². The Bertz CT molecular complexity index is 799. The van der Waals surface area contributed by atoms with Gasteiger partial charge in [-0.25, -0.2) is 0 Å². The normalized spacial score (nSPS) is 15.7. The van der Waals surface area contributed by atoms with Crippen molar-refractivity contribution in [2.75, 3.05) is 19.6 Å². The van der Waals surface area contributed by atoms with E-state index in [0.29, 0.717) is 24.2 Å². The molecule has 1 aliphatic heterocycles. The van der Waals surface area contributed by atoms with Gasteiger partial charge in [0.15, 0.2) is 0 Å². The van der Waals surface area contributed by atoms with Crippen molar-refractivity contribution >= 4 is 5.91 Å². The first-order valence-corrected chi connectivity index (χ1v) is 10.1. The second-order valence-electron chi connectivity index (χ2n) is 7.51. The van der Waals surface area contributed by atoms with E-state index in [4.69, 9.17) is 0 Å². The number of likely N-dealkylation sites (tertiary alicyclic amines) is 1. The molecule has 0 saturated carbocycles. The lowest BCUT2D eigenvalue weighted by Crippen LogP contribution is -2.46. The molecule has 0 aliphatic carbocycles. The third kappa shape index (κ3) is 5.38. The molecule has 1 amide bonds. The van der Waals surface area contributed by atoms with Crippen LogP contribution in [0.25, 0.3) is 0 Å². The summed E-state index contributed by atoms with van der Waals surface area (Å²) >= 11 is 0. The predicted octanol–water partition coefficient (Wildman–Crippen LogP) is 5.22. The van der Waals surface area contributed by atoms with Gasteiger partial charge in [-0.05, 0) is 49.6 Å². The summed E-state index contributed by atoms with van der Waals surface area (Å²) in [7, 11) is 0. The van der Waals surface area contributed by atoms with Crippen molar-refractivity contribution in [3.8, 4) is 0 Å². The van der Waals surface area contributed by atoms with E-state index in [9.17, 15) is 18.0 Å². The standard InChI is InChI=1S/C23H27F3N2O/c1-2-14-28(17-19-10-6-7-11-21(19)23(24,25)26)20-12-15-27(16-13-20)22(29)18-8-4-3-5-9-18/h3-11,20H,2,12-17H2,1H3. The molecule has 2 aromatic rings. The number of amides is 1. The van der Waals surface area contributed by atoms with Crippen molar-refractivity contribution in [1.82, 2.24) is 9.80 Å². The maximum absolute atomic E-state index is 13.4. The summed E-state index contributed by atoms with van der Waals surface area (Å²) < 4.78 is 40.1. The zero-order chi connectivity index (χ0) is 20.9. The number of nitrogens with zero attached hydrogens (tertiary/aromatic N) is 2. The number of carbonyl (C=O) groups excluding carboxylic acids is 1. The summed E-state index contributed by atoms with van der Waals surface area (Å²) in [4.78, 5) is 16.6.